The largest absolute Gasteiger partial charge is 0.348 e. The van der Waals surface area contributed by atoms with Crippen molar-refractivity contribution in [3.63, 3.8) is 0 Å². The van der Waals surface area contributed by atoms with Crippen molar-refractivity contribution in [2.45, 2.75) is 24.1 Å². The first-order chi connectivity index (χ1) is 14.0. The van der Waals surface area contributed by atoms with Gasteiger partial charge in [0.05, 0.1) is 12.1 Å². The molecule has 29 heavy (non-hydrogen) atoms. The van der Waals surface area contributed by atoms with E-state index in [9.17, 15) is 4.79 Å². The lowest BCUT2D eigenvalue weighted by atomic mass is 10.2. The van der Waals surface area contributed by atoms with Crippen LogP contribution in [0.15, 0.2) is 46.8 Å². The molecular formula is C21H20N4OS3. The molecule has 148 valence electrons. The number of amides is 1. The third-order valence-electron chi connectivity index (χ3n) is 4.29. The average molecular weight is 441 g/mol. The van der Waals surface area contributed by atoms with Crippen LogP contribution in [0.3, 0.4) is 0 Å². The maximum atomic E-state index is 11.9. The molecule has 0 aliphatic rings. The molecule has 0 aliphatic carbocycles. The molecule has 0 bridgehead atoms. The summed E-state index contributed by atoms with van der Waals surface area (Å²) in [6, 6.07) is 12.5. The van der Waals surface area contributed by atoms with Gasteiger partial charge in [0.1, 0.15) is 20.7 Å². The van der Waals surface area contributed by atoms with Crippen molar-refractivity contribution in [2.24, 2.45) is 0 Å². The number of benzene rings is 1. The zero-order valence-electron chi connectivity index (χ0n) is 16.4. The molecule has 0 radical (unpaired) electrons. The summed E-state index contributed by atoms with van der Waals surface area (Å²) in [4.78, 5) is 29.6. The van der Waals surface area contributed by atoms with Gasteiger partial charge in [-0.1, -0.05) is 42.1 Å². The molecule has 0 unspecified atom stereocenters. The molecule has 0 fully saturated rings. The lowest BCUT2D eigenvalue weighted by Crippen LogP contribution is -2.23. The number of thioether (sulfide) groups is 1. The van der Waals surface area contributed by atoms with Gasteiger partial charge in [0.2, 0.25) is 5.91 Å². The van der Waals surface area contributed by atoms with Crippen LogP contribution in [0.1, 0.15) is 16.5 Å². The topological polar surface area (TPSA) is 59.0 Å². The van der Waals surface area contributed by atoms with E-state index in [0.717, 1.165) is 31.8 Å². The minimum atomic E-state index is 0.0680. The maximum absolute atomic E-state index is 11.9. The number of hydrogen-bond donors (Lipinski definition) is 0. The van der Waals surface area contributed by atoms with Gasteiger partial charge in [0.15, 0.2) is 0 Å². The highest BCUT2D eigenvalue weighted by molar-refractivity contribution is 7.98. The Labute approximate surface area is 181 Å². The zero-order valence-corrected chi connectivity index (χ0v) is 18.8. The molecule has 4 aromatic rings. The minimum absolute atomic E-state index is 0.0680. The highest BCUT2D eigenvalue weighted by Gasteiger charge is 2.14. The SMILES string of the molecule is Cc1nc(SCc2csc(CC(=O)N(C)C)n2)c2cc(-c3ccccc3)sc2n1. The van der Waals surface area contributed by atoms with Crippen molar-refractivity contribution < 1.29 is 4.79 Å². The molecule has 4 rings (SSSR count). The quantitative estimate of drug-likeness (QED) is 0.310. The molecule has 0 saturated heterocycles. The first kappa shape index (κ1) is 20.0. The van der Waals surface area contributed by atoms with Crippen molar-refractivity contribution in [1.29, 1.82) is 0 Å². The van der Waals surface area contributed by atoms with Crippen LogP contribution in [0.25, 0.3) is 20.7 Å². The summed E-state index contributed by atoms with van der Waals surface area (Å²) in [5.41, 5.74) is 2.17. The molecule has 1 amide bonds. The minimum Gasteiger partial charge on any atom is -0.348 e. The summed E-state index contributed by atoms with van der Waals surface area (Å²) in [5.74, 6) is 1.56. The molecule has 5 nitrogen and oxygen atoms in total. The van der Waals surface area contributed by atoms with E-state index in [1.54, 1.807) is 42.1 Å². The number of rotatable bonds is 6. The van der Waals surface area contributed by atoms with E-state index < -0.39 is 0 Å². The lowest BCUT2D eigenvalue weighted by Gasteiger charge is -2.07. The summed E-state index contributed by atoms with van der Waals surface area (Å²) in [5, 5.41) is 4.94. The summed E-state index contributed by atoms with van der Waals surface area (Å²) < 4.78 is 0. The van der Waals surface area contributed by atoms with E-state index in [0.29, 0.717) is 12.2 Å². The summed E-state index contributed by atoms with van der Waals surface area (Å²) in [6.07, 6.45) is 0.351. The van der Waals surface area contributed by atoms with E-state index in [-0.39, 0.29) is 5.91 Å². The molecule has 1 aromatic carbocycles. The van der Waals surface area contributed by atoms with Crippen molar-refractivity contribution in [1.82, 2.24) is 19.9 Å². The molecule has 0 saturated carbocycles. The maximum Gasteiger partial charge on any atom is 0.228 e. The normalized spacial score (nSPS) is 11.1. The third kappa shape index (κ3) is 4.66. The second-order valence-corrected chi connectivity index (χ2v) is 9.70. The number of hydrogen-bond acceptors (Lipinski definition) is 7. The molecule has 3 aromatic heterocycles. The van der Waals surface area contributed by atoms with Gasteiger partial charge in [0, 0.05) is 35.5 Å². The third-order valence-corrected chi connectivity index (χ3v) is 7.29. The van der Waals surface area contributed by atoms with Crippen molar-refractivity contribution in [3.05, 3.63) is 58.3 Å². The highest BCUT2D eigenvalue weighted by atomic mass is 32.2. The van der Waals surface area contributed by atoms with Crippen LogP contribution in [-0.4, -0.2) is 39.9 Å². The Morgan fingerprint density at radius 3 is 2.69 bits per heavy atom. The Balaban J connectivity index is 1.54. The monoisotopic (exact) mass is 440 g/mol. The Morgan fingerprint density at radius 2 is 1.93 bits per heavy atom. The molecule has 8 heteroatoms. The van der Waals surface area contributed by atoms with Crippen LogP contribution >= 0.6 is 34.4 Å². The summed E-state index contributed by atoms with van der Waals surface area (Å²) in [7, 11) is 3.53. The summed E-state index contributed by atoms with van der Waals surface area (Å²) in [6.45, 7) is 1.93. The Morgan fingerprint density at radius 1 is 1.14 bits per heavy atom. The molecule has 3 heterocycles. The predicted molar refractivity (Wildman–Crippen MR) is 122 cm³/mol. The smallest absolute Gasteiger partial charge is 0.228 e. The van der Waals surface area contributed by atoms with E-state index >= 15 is 0 Å². The van der Waals surface area contributed by atoms with Gasteiger partial charge in [0.25, 0.3) is 0 Å². The van der Waals surface area contributed by atoms with Gasteiger partial charge in [-0.25, -0.2) is 15.0 Å². The van der Waals surface area contributed by atoms with Gasteiger partial charge in [-0.15, -0.1) is 22.7 Å². The number of nitrogens with zero attached hydrogens (tertiary/aromatic N) is 4. The number of carbonyl (C=O) groups is 1. The van der Waals surface area contributed by atoms with E-state index in [1.807, 2.05) is 30.5 Å². The Kier molecular flexibility index (Phi) is 5.94. The Hall–Kier alpha value is -2.29. The first-order valence-electron chi connectivity index (χ1n) is 9.09. The van der Waals surface area contributed by atoms with Crippen LogP contribution in [-0.2, 0) is 17.0 Å². The molecule has 0 spiro atoms. The van der Waals surface area contributed by atoms with Gasteiger partial charge in [-0.05, 0) is 18.6 Å². The number of aromatic nitrogens is 3. The van der Waals surface area contributed by atoms with Gasteiger partial charge >= 0.3 is 0 Å². The Bertz CT molecular complexity index is 1150. The van der Waals surface area contributed by atoms with Crippen LogP contribution < -0.4 is 0 Å². The fourth-order valence-corrected chi connectivity index (χ4v) is 5.76. The fourth-order valence-electron chi connectivity index (χ4n) is 2.78. The van der Waals surface area contributed by atoms with Gasteiger partial charge < -0.3 is 4.90 Å². The molecule has 0 atom stereocenters. The van der Waals surface area contributed by atoms with E-state index in [4.69, 9.17) is 0 Å². The van der Waals surface area contributed by atoms with Gasteiger partial charge in [-0.3, -0.25) is 4.79 Å². The summed E-state index contributed by atoms with van der Waals surface area (Å²) >= 11 is 4.90. The number of fused-ring (bicyclic) bond motifs is 1. The number of likely N-dealkylation sites (N-methyl/N-ethyl adjacent to an activating group) is 1. The number of thiazole rings is 1. The standard InChI is InChI=1S/C21H20N4OS3/c1-13-22-20(28-12-15-11-27-18(24-15)10-19(26)25(2)3)16-9-17(29-21(16)23-13)14-7-5-4-6-8-14/h4-9,11H,10,12H2,1-3H3. The van der Waals surface area contributed by atoms with Crippen LogP contribution in [0.4, 0.5) is 0 Å². The molecule has 0 aliphatic heterocycles. The van der Waals surface area contributed by atoms with Crippen LogP contribution in [0.5, 0.6) is 0 Å². The van der Waals surface area contributed by atoms with E-state index in [1.165, 1.54) is 21.8 Å². The van der Waals surface area contributed by atoms with Crippen molar-refractivity contribution in [2.75, 3.05) is 14.1 Å². The first-order valence-corrected chi connectivity index (χ1v) is 11.8. The zero-order chi connectivity index (χ0) is 20.4. The molecular weight excluding hydrogens is 420 g/mol. The van der Waals surface area contributed by atoms with Gasteiger partial charge in [-0.2, -0.15) is 0 Å². The predicted octanol–water partition coefficient (Wildman–Crippen LogP) is 5.05. The number of carbonyl (C=O) groups excluding carboxylic acids is 1. The second kappa shape index (κ2) is 8.61. The van der Waals surface area contributed by atoms with Crippen molar-refractivity contribution in [3.8, 4) is 10.4 Å². The number of thiophene rings is 1. The van der Waals surface area contributed by atoms with E-state index in [2.05, 4.69) is 33.2 Å². The average Bonchev–Trinajstić information content (AvgIpc) is 3.33. The second-order valence-electron chi connectivity index (χ2n) is 6.76. The van der Waals surface area contributed by atoms with Crippen molar-refractivity contribution >= 4 is 50.6 Å². The number of aryl methyl sites for hydroxylation is 1. The van der Waals surface area contributed by atoms with Crippen LogP contribution in [0, 0.1) is 6.92 Å². The highest BCUT2D eigenvalue weighted by Crippen LogP contribution is 2.37. The lowest BCUT2D eigenvalue weighted by molar-refractivity contribution is -0.127. The molecule has 0 N–H and O–H groups in total. The van der Waals surface area contributed by atoms with Crippen LogP contribution in [0.2, 0.25) is 0 Å². The fraction of sp³-hybridized carbons (Fsp3) is 0.238.